The number of alkyl halides is 3. The van der Waals surface area contributed by atoms with E-state index in [9.17, 15) is 13.2 Å². The molecule has 0 aliphatic heterocycles. The van der Waals surface area contributed by atoms with Crippen LogP contribution in [0.15, 0.2) is 46.7 Å². The van der Waals surface area contributed by atoms with Crippen LogP contribution in [-0.4, -0.2) is 32.1 Å². The molecule has 2 aromatic rings. The Kier molecular flexibility index (Phi) is 8.25. The van der Waals surface area contributed by atoms with Crippen LogP contribution in [0.3, 0.4) is 0 Å². The van der Waals surface area contributed by atoms with Crippen molar-refractivity contribution in [3.63, 3.8) is 0 Å². The van der Waals surface area contributed by atoms with E-state index < -0.39 is 11.7 Å². The predicted octanol–water partition coefficient (Wildman–Crippen LogP) is 5.18. The molecule has 0 aliphatic carbocycles. The van der Waals surface area contributed by atoms with Crippen LogP contribution in [0.2, 0.25) is 5.02 Å². The van der Waals surface area contributed by atoms with E-state index in [2.05, 4.69) is 15.6 Å². The van der Waals surface area contributed by atoms with Gasteiger partial charge in [-0.1, -0.05) is 40.1 Å². The summed E-state index contributed by atoms with van der Waals surface area (Å²) in [6.07, 6.45) is -4.53. The lowest BCUT2D eigenvalue weighted by molar-refractivity contribution is -0.137. The Labute approximate surface area is 178 Å². The minimum atomic E-state index is -4.53. The molecule has 1 N–H and O–H groups in total. The third kappa shape index (κ3) is 5.96. The quantitative estimate of drug-likeness (QED) is 0.453. The predicted molar refractivity (Wildman–Crippen MR) is 112 cm³/mol. The van der Waals surface area contributed by atoms with Gasteiger partial charge in [0.1, 0.15) is 19.4 Å². The van der Waals surface area contributed by atoms with Crippen molar-refractivity contribution in [1.29, 1.82) is 0 Å². The monoisotopic (exact) mass is 441 g/mol. The number of hydrogen-bond donors (Lipinski definition) is 1. The van der Waals surface area contributed by atoms with Gasteiger partial charge in [-0.05, 0) is 44.7 Å². The highest BCUT2D eigenvalue weighted by atomic mass is 35.5. The summed E-state index contributed by atoms with van der Waals surface area (Å²) in [4.78, 5) is 10.4. The van der Waals surface area contributed by atoms with Crippen LogP contribution in [0.1, 0.15) is 34.7 Å². The van der Waals surface area contributed by atoms with E-state index in [0.29, 0.717) is 12.3 Å². The zero-order chi connectivity index (χ0) is 22.3. The van der Waals surface area contributed by atoms with Gasteiger partial charge in [0, 0.05) is 28.3 Å². The van der Waals surface area contributed by atoms with Gasteiger partial charge in [0.25, 0.3) is 0 Å². The van der Waals surface area contributed by atoms with Gasteiger partial charge in [-0.2, -0.15) is 13.2 Å². The summed E-state index contributed by atoms with van der Waals surface area (Å²) in [6.45, 7) is 3.86. The number of rotatable bonds is 8. The van der Waals surface area contributed by atoms with Gasteiger partial charge in [0.2, 0.25) is 0 Å². The fourth-order valence-electron chi connectivity index (χ4n) is 2.92. The molecule has 0 saturated carbocycles. The van der Waals surface area contributed by atoms with E-state index in [1.54, 1.807) is 7.05 Å². The smallest absolute Gasteiger partial charge is 0.399 e. The summed E-state index contributed by atoms with van der Waals surface area (Å²) in [6, 6.07) is 9.01. The van der Waals surface area contributed by atoms with Crippen molar-refractivity contribution in [3.05, 3.63) is 69.2 Å². The summed E-state index contributed by atoms with van der Waals surface area (Å²) in [5, 5.41) is 11.2. The van der Waals surface area contributed by atoms with Gasteiger partial charge < -0.3 is 15.0 Å². The van der Waals surface area contributed by atoms with Gasteiger partial charge in [-0.15, -0.1) is 0 Å². The van der Waals surface area contributed by atoms with Crippen LogP contribution < -0.4 is 5.32 Å². The largest absolute Gasteiger partial charge is 0.417 e. The molecule has 0 fully saturated rings. The number of nitrogens with one attached hydrogen (secondary N) is 1. The van der Waals surface area contributed by atoms with E-state index in [4.69, 9.17) is 21.3 Å². The van der Waals surface area contributed by atoms with Crippen molar-refractivity contribution in [1.82, 2.24) is 5.32 Å². The van der Waals surface area contributed by atoms with Crippen LogP contribution in [0.25, 0.3) is 0 Å². The van der Waals surface area contributed by atoms with Gasteiger partial charge in [0.15, 0.2) is 0 Å². The molecule has 0 radical (unpaired) electrons. The van der Waals surface area contributed by atoms with E-state index in [-0.39, 0.29) is 22.9 Å². The standard InChI is InChI=1S/C21H23ClF3N3O2/c1-13-6-5-7-16(20(11-26-3)28-29-4)18(13)12-30-27-14(2)17-10-15(22)8-9-19(17)21(23,24)25/h5-10,26H,11-12H2,1-4H3/b27-14+,28-20-. The first-order valence-corrected chi connectivity index (χ1v) is 9.44. The molecule has 0 atom stereocenters. The second-order valence-corrected chi connectivity index (χ2v) is 6.93. The first-order chi connectivity index (χ1) is 14.2. The molecule has 0 amide bonds. The van der Waals surface area contributed by atoms with Gasteiger partial charge in [0.05, 0.1) is 11.3 Å². The molecule has 0 spiro atoms. The highest BCUT2D eigenvalue weighted by Gasteiger charge is 2.34. The maximum atomic E-state index is 13.3. The van der Waals surface area contributed by atoms with Gasteiger partial charge >= 0.3 is 6.18 Å². The second-order valence-electron chi connectivity index (χ2n) is 6.49. The molecule has 0 unspecified atom stereocenters. The fourth-order valence-corrected chi connectivity index (χ4v) is 3.10. The first-order valence-electron chi connectivity index (χ1n) is 9.06. The number of hydrogen-bond acceptors (Lipinski definition) is 5. The number of nitrogens with zero attached hydrogens (tertiary/aromatic N) is 2. The van der Waals surface area contributed by atoms with E-state index in [1.165, 1.54) is 26.2 Å². The third-order valence-corrected chi connectivity index (χ3v) is 4.59. The van der Waals surface area contributed by atoms with E-state index in [1.807, 2.05) is 25.1 Å². The van der Waals surface area contributed by atoms with Crippen LogP contribution in [-0.2, 0) is 22.5 Å². The Morgan fingerprint density at radius 2 is 1.87 bits per heavy atom. The summed E-state index contributed by atoms with van der Waals surface area (Å²) < 4.78 is 39.9. The highest BCUT2D eigenvalue weighted by molar-refractivity contribution is 6.31. The number of aryl methyl sites for hydroxylation is 1. The number of halogens is 4. The molecule has 0 saturated heterocycles. The SMILES string of the molecule is CNC/C(=N/OC)c1cccc(C)c1CO/N=C(\C)c1cc(Cl)ccc1C(F)(F)F. The number of likely N-dealkylation sites (N-methyl/N-ethyl adjacent to an activating group) is 1. The Hall–Kier alpha value is -2.58. The van der Waals surface area contributed by atoms with Crippen molar-refractivity contribution in [2.45, 2.75) is 26.6 Å². The Morgan fingerprint density at radius 3 is 2.50 bits per heavy atom. The minimum Gasteiger partial charge on any atom is -0.399 e. The van der Waals surface area contributed by atoms with Crippen LogP contribution >= 0.6 is 11.6 Å². The average Bonchev–Trinajstić information content (AvgIpc) is 2.68. The van der Waals surface area contributed by atoms with E-state index in [0.717, 1.165) is 22.8 Å². The van der Waals surface area contributed by atoms with Gasteiger partial charge in [-0.3, -0.25) is 0 Å². The lowest BCUT2D eigenvalue weighted by atomic mass is 9.99. The summed E-state index contributed by atoms with van der Waals surface area (Å²) in [5.74, 6) is 0. The van der Waals surface area contributed by atoms with Crippen molar-refractivity contribution in [3.8, 4) is 0 Å². The lowest BCUT2D eigenvalue weighted by Gasteiger charge is -2.15. The van der Waals surface area contributed by atoms with Crippen LogP contribution in [0.5, 0.6) is 0 Å². The third-order valence-electron chi connectivity index (χ3n) is 4.35. The highest BCUT2D eigenvalue weighted by Crippen LogP contribution is 2.33. The molecule has 0 heterocycles. The van der Waals surface area contributed by atoms with E-state index >= 15 is 0 Å². The number of benzene rings is 2. The number of oxime groups is 2. The Morgan fingerprint density at radius 1 is 1.13 bits per heavy atom. The molecule has 9 heteroatoms. The Bertz CT molecular complexity index is 944. The summed E-state index contributed by atoms with van der Waals surface area (Å²) >= 11 is 5.88. The normalized spacial score (nSPS) is 12.8. The lowest BCUT2D eigenvalue weighted by Crippen LogP contribution is -2.21. The zero-order valence-electron chi connectivity index (χ0n) is 17.1. The molecule has 0 aromatic heterocycles. The van der Waals surface area contributed by atoms with Crippen LogP contribution in [0.4, 0.5) is 13.2 Å². The molecular formula is C21H23ClF3N3O2. The molecule has 30 heavy (non-hydrogen) atoms. The molecule has 2 aromatic carbocycles. The van der Waals surface area contributed by atoms with Crippen molar-refractivity contribution >= 4 is 23.0 Å². The van der Waals surface area contributed by atoms with Crippen molar-refractivity contribution in [2.75, 3.05) is 20.7 Å². The first kappa shape index (κ1) is 23.7. The molecule has 5 nitrogen and oxygen atoms in total. The average molecular weight is 442 g/mol. The topological polar surface area (TPSA) is 55.2 Å². The maximum absolute atomic E-state index is 13.3. The maximum Gasteiger partial charge on any atom is 0.417 e. The molecule has 0 bridgehead atoms. The summed E-state index contributed by atoms with van der Waals surface area (Å²) in [5.41, 5.74) is 2.32. The second kappa shape index (κ2) is 10.4. The van der Waals surface area contributed by atoms with Crippen molar-refractivity contribution < 1.29 is 22.8 Å². The summed E-state index contributed by atoms with van der Waals surface area (Å²) in [7, 11) is 3.24. The van der Waals surface area contributed by atoms with Crippen molar-refractivity contribution in [2.24, 2.45) is 10.3 Å². The zero-order valence-corrected chi connectivity index (χ0v) is 17.9. The molecule has 0 aliphatic rings. The Balaban J connectivity index is 2.32. The molecule has 162 valence electrons. The van der Waals surface area contributed by atoms with Gasteiger partial charge in [-0.25, -0.2) is 0 Å². The molecule has 2 rings (SSSR count). The van der Waals surface area contributed by atoms with Crippen LogP contribution in [0, 0.1) is 6.92 Å². The fraction of sp³-hybridized carbons (Fsp3) is 0.333. The molecular weight excluding hydrogens is 419 g/mol. The minimum absolute atomic E-state index is 0.0493.